The van der Waals surface area contributed by atoms with E-state index in [1.807, 2.05) is 43.3 Å². The van der Waals surface area contributed by atoms with Crippen LogP contribution in [0, 0.1) is 6.92 Å². The third-order valence-corrected chi connectivity index (χ3v) is 4.83. The molecule has 0 radical (unpaired) electrons. The Labute approximate surface area is 154 Å². The molecule has 1 heterocycles. The van der Waals surface area contributed by atoms with E-state index < -0.39 is 0 Å². The molecule has 1 aliphatic heterocycles. The monoisotopic (exact) mass is 354 g/mol. The number of aryl methyl sites for hydroxylation is 1. The predicted octanol–water partition coefficient (Wildman–Crippen LogP) is 2.81. The summed E-state index contributed by atoms with van der Waals surface area (Å²) < 4.78 is 10.7. The lowest BCUT2D eigenvalue weighted by Gasteiger charge is -2.35. The molecule has 2 aromatic carbocycles. The number of nitrogens with one attached hydrogen (secondary N) is 1. The summed E-state index contributed by atoms with van der Waals surface area (Å²) in [5.74, 6) is 0.799. The summed E-state index contributed by atoms with van der Waals surface area (Å²) in [4.78, 5) is 15.0. The fraction of sp³-hybridized carbons (Fsp3) is 0.381. The van der Waals surface area contributed by atoms with Crippen LogP contribution in [-0.2, 0) is 4.74 Å². The number of carbonyl (C=O) groups excluding carboxylic acids is 1. The molecule has 3 rings (SSSR count). The summed E-state index contributed by atoms with van der Waals surface area (Å²) in [6.07, 6.45) is 0. The van der Waals surface area contributed by atoms with E-state index in [2.05, 4.69) is 22.3 Å². The zero-order valence-corrected chi connectivity index (χ0v) is 15.4. The Kier molecular flexibility index (Phi) is 6.26. The molecule has 138 valence electrons. The van der Waals surface area contributed by atoms with Gasteiger partial charge in [-0.3, -0.25) is 9.69 Å². The van der Waals surface area contributed by atoms with E-state index in [4.69, 9.17) is 9.47 Å². The highest BCUT2D eigenvalue weighted by Crippen LogP contribution is 2.24. The highest BCUT2D eigenvalue weighted by atomic mass is 16.5. The van der Waals surface area contributed by atoms with Gasteiger partial charge in [0.15, 0.2) is 0 Å². The molecule has 0 spiro atoms. The molecule has 0 aromatic heterocycles. The highest BCUT2D eigenvalue weighted by molar-refractivity contribution is 5.95. The minimum absolute atomic E-state index is 0.0325. The van der Waals surface area contributed by atoms with Crippen molar-refractivity contribution in [3.8, 4) is 5.75 Å². The van der Waals surface area contributed by atoms with Crippen LogP contribution in [0.25, 0.3) is 0 Å². The van der Waals surface area contributed by atoms with Gasteiger partial charge in [0.05, 0.1) is 26.4 Å². The lowest BCUT2D eigenvalue weighted by Crippen LogP contribution is -2.43. The number of nitrogens with zero attached hydrogens (tertiary/aromatic N) is 1. The number of amides is 1. The van der Waals surface area contributed by atoms with E-state index in [1.165, 1.54) is 0 Å². The second-order valence-electron chi connectivity index (χ2n) is 6.46. The van der Waals surface area contributed by atoms with Crippen molar-refractivity contribution in [2.24, 2.45) is 0 Å². The Morgan fingerprint density at radius 2 is 1.85 bits per heavy atom. The van der Waals surface area contributed by atoms with E-state index in [1.54, 1.807) is 7.11 Å². The average molecular weight is 354 g/mol. The zero-order chi connectivity index (χ0) is 18.4. The first kappa shape index (κ1) is 18.4. The number of carbonyl (C=O) groups is 1. The van der Waals surface area contributed by atoms with Gasteiger partial charge < -0.3 is 14.8 Å². The molecule has 1 aliphatic rings. The van der Waals surface area contributed by atoms with Gasteiger partial charge in [0.2, 0.25) is 0 Å². The number of morpholine rings is 1. The second kappa shape index (κ2) is 8.83. The molecule has 0 aliphatic carbocycles. The van der Waals surface area contributed by atoms with E-state index in [-0.39, 0.29) is 11.9 Å². The summed E-state index contributed by atoms with van der Waals surface area (Å²) in [7, 11) is 1.66. The molecule has 26 heavy (non-hydrogen) atoms. The SMILES string of the molecule is COc1ccc([C@H](CNC(=O)c2ccccc2C)N2CCOCC2)cc1. The van der Waals surface area contributed by atoms with Crippen molar-refractivity contribution in [3.63, 3.8) is 0 Å². The Bertz CT molecular complexity index is 724. The quantitative estimate of drug-likeness (QED) is 0.867. The maximum atomic E-state index is 12.6. The minimum atomic E-state index is -0.0325. The van der Waals surface area contributed by atoms with E-state index in [0.717, 1.165) is 48.7 Å². The molecule has 1 saturated heterocycles. The van der Waals surface area contributed by atoms with Crippen LogP contribution < -0.4 is 10.1 Å². The van der Waals surface area contributed by atoms with E-state index in [0.29, 0.717) is 6.54 Å². The molecule has 1 N–H and O–H groups in total. The van der Waals surface area contributed by atoms with Crippen molar-refractivity contribution in [2.75, 3.05) is 40.0 Å². The van der Waals surface area contributed by atoms with Gasteiger partial charge in [-0.05, 0) is 36.2 Å². The standard InChI is InChI=1S/C21H26N2O3/c1-16-5-3-4-6-19(16)21(24)22-15-20(23-11-13-26-14-12-23)17-7-9-18(25-2)10-8-17/h3-10,20H,11-15H2,1-2H3,(H,22,24)/t20-/m0/s1. The summed E-state index contributed by atoms with van der Waals surface area (Å²) >= 11 is 0. The summed E-state index contributed by atoms with van der Waals surface area (Å²) in [5, 5.41) is 3.11. The normalized spacial score (nSPS) is 16.1. The van der Waals surface area contributed by atoms with Crippen LogP contribution in [0.5, 0.6) is 5.75 Å². The molecular weight excluding hydrogens is 328 g/mol. The molecule has 5 nitrogen and oxygen atoms in total. The van der Waals surface area contributed by atoms with Crippen molar-refractivity contribution in [2.45, 2.75) is 13.0 Å². The molecule has 0 saturated carbocycles. The highest BCUT2D eigenvalue weighted by Gasteiger charge is 2.23. The van der Waals surface area contributed by atoms with Gasteiger partial charge in [-0.2, -0.15) is 0 Å². The maximum Gasteiger partial charge on any atom is 0.251 e. The number of hydrogen-bond donors (Lipinski definition) is 1. The van der Waals surface area contributed by atoms with Crippen LogP contribution in [0.4, 0.5) is 0 Å². The van der Waals surface area contributed by atoms with E-state index in [9.17, 15) is 4.79 Å². The van der Waals surface area contributed by atoms with Crippen molar-refractivity contribution >= 4 is 5.91 Å². The molecular formula is C21H26N2O3. The van der Waals surface area contributed by atoms with Gasteiger partial charge in [0, 0.05) is 25.2 Å². The second-order valence-corrected chi connectivity index (χ2v) is 6.46. The van der Waals surface area contributed by atoms with Crippen LogP contribution in [0.2, 0.25) is 0 Å². The summed E-state index contributed by atoms with van der Waals surface area (Å²) in [6.45, 7) is 5.67. The van der Waals surface area contributed by atoms with Crippen molar-refractivity contribution < 1.29 is 14.3 Å². The molecule has 5 heteroatoms. The van der Waals surface area contributed by atoms with Gasteiger partial charge in [-0.25, -0.2) is 0 Å². The first-order chi connectivity index (χ1) is 12.7. The van der Waals surface area contributed by atoms with Gasteiger partial charge in [0.25, 0.3) is 5.91 Å². The fourth-order valence-electron chi connectivity index (χ4n) is 3.29. The van der Waals surface area contributed by atoms with Crippen molar-refractivity contribution in [1.82, 2.24) is 10.2 Å². The predicted molar refractivity (Wildman–Crippen MR) is 102 cm³/mol. The Morgan fingerprint density at radius 3 is 2.50 bits per heavy atom. The first-order valence-electron chi connectivity index (χ1n) is 8.98. The van der Waals surface area contributed by atoms with Crippen LogP contribution in [0.1, 0.15) is 27.5 Å². The number of hydrogen-bond acceptors (Lipinski definition) is 4. The average Bonchev–Trinajstić information content (AvgIpc) is 2.69. The molecule has 2 aromatic rings. The first-order valence-corrected chi connectivity index (χ1v) is 8.98. The fourth-order valence-corrected chi connectivity index (χ4v) is 3.29. The molecule has 1 amide bonds. The summed E-state index contributed by atoms with van der Waals surface area (Å²) in [5.41, 5.74) is 2.87. The van der Waals surface area contributed by atoms with Crippen molar-refractivity contribution in [3.05, 3.63) is 65.2 Å². The Hall–Kier alpha value is -2.37. The third-order valence-electron chi connectivity index (χ3n) is 4.83. The van der Waals surface area contributed by atoms with Crippen LogP contribution >= 0.6 is 0 Å². The van der Waals surface area contributed by atoms with Crippen LogP contribution in [-0.4, -0.2) is 50.8 Å². The van der Waals surface area contributed by atoms with Gasteiger partial charge in [-0.15, -0.1) is 0 Å². The summed E-state index contributed by atoms with van der Waals surface area (Å²) in [6, 6.07) is 15.8. The van der Waals surface area contributed by atoms with Crippen molar-refractivity contribution in [1.29, 1.82) is 0 Å². The van der Waals surface area contributed by atoms with E-state index >= 15 is 0 Å². The van der Waals surface area contributed by atoms with Gasteiger partial charge in [-0.1, -0.05) is 30.3 Å². The number of benzene rings is 2. The Balaban J connectivity index is 1.74. The zero-order valence-electron chi connectivity index (χ0n) is 15.4. The lowest BCUT2D eigenvalue weighted by atomic mass is 10.0. The topological polar surface area (TPSA) is 50.8 Å². The third kappa shape index (κ3) is 4.42. The number of methoxy groups -OCH3 is 1. The Morgan fingerprint density at radius 1 is 1.15 bits per heavy atom. The molecule has 1 fully saturated rings. The number of ether oxygens (including phenoxy) is 2. The molecule has 0 unspecified atom stereocenters. The smallest absolute Gasteiger partial charge is 0.251 e. The number of rotatable bonds is 6. The van der Waals surface area contributed by atoms with Crippen LogP contribution in [0.3, 0.4) is 0 Å². The van der Waals surface area contributed by atoms with Gasteiger partial charge >= 0.3 is 0 Å². The van der Waals surface area contributed by atoms with Gasteiger partial charge in [0.1, 0.15) is 5.75 Å². The largest absolute Gasteiger partial charge is 0.497 e. The molecule has 1 atom stereocenters. The van der Waals surface area contributed by atoms with Crippen LogP contribution in [0.15, 0.2) is 48.5 Å². The molecule has 0 bridgehead atoms. The minimum Gasteiger partial charge on any atom is -0.497 e. The maximum absolute atomic E-state index is 12.6. The lowest BCUT2D eigenvalue weighted by molar-refractivity contribution is 0.0162.